The highest BCUT2D eigenvalue weighted by molar-refractivity contribution is 6.12. The molecule has 67 heavy (non-hydrogen) atoms. The molecule has 4 nitrogen and oxygen atoms in total. The molecule has 4 heteroatoms. The Bertz CT molecular complexity index is 3540. The minimum Gasteiger partial charge on any atom is -0.348 e. The van der Waals surface area contributed by atoms with Crippen LogP contribution in [0.2, 0.25) is 0 Å². The standard InChI is InChI=1S/C63H54N4/c1-3-36-65-52-30-34-59(49(41-52)40-47-20-10-5-15-26-58(47)65)66(50-21-11-6-12-22-50)53-31-35-63-57(43-53)56-42-46(29-33-62(56)67(63)51-23-13-7-14-24-51)48(37-44-18-8-4-9-19-44)38-45-28-32-61-55(39-45)54-25-16-17-27-60(54)64(61)2/h4-25,27-35,38-39,42-43,49H,3,26,36-37,40-41H2,1-2H3. The van der Waals surface area contributed by atoms with E-state index in [1.807, 2.05) is 0 Å². The van der Waals surface area contributed by atoms with Crippen molar-refractivity contribution in [2.45, 2.75) is 39.0 Å². The van der Waals surface area contributed by atoms with Gasteiger partial charge in [-0.15, -0.1) is 0 Å². The molecule has 7 aromatic carbocycles. The minimum atomic E-state index is 0.321. The number of rotatable bonds is 10. The molecule has 0 N–H and O–H groups in total. The number of allylic oxidation sites excluding steroid dienone is 10. The lowest BCUT2D eigenvalue weighted by molar-refractivity contribution is 0.394. The molecular formula is C63H54N4. The van der Waals surface area contributed by atoms with Crippen molar-refractivity contribution in [3.8, 4) is 5.69 Å². The molecule has 0 radical (unpaired) electrons. The SMILES string of the molecule is CCCN1C2=CC=C(N(c3ccccc3)c3ccc4c(c3)c3cc(C(=Cc5ccc6c(c5)c5ccccc5n6C)Cc5ccccc5)ccc3n4-c3ccccc3)C(C2)CC2=C1CC=CC=C2. The van der Waals surface area contributed by atoms with Gasteiger partial charge in [-0.2, -0.15) is 0 Å². The van der Waals surface area contributed by atoms with E-state index in [1.54, 1.807) is 0 Å². The van der Waals surface area contributed by atoms with Gasteiger partial charge in [-0.3, -0.25) is 0 Å². The molecule has 0 saturated heterocycles. The van der Waals surface area contributed by atoms with E-state index < -0.39 is 0 Å². The van der Waals surface area contributed by atoms with Crippen LogP contribution in [0.5, 0.6) is 0 Å². The summed E-state index contributed by atoms with van der Waals surface area (Å²) in [6.07, 6.45) is 21.3. The van der Waals surface area contributed by atoms with Crippen molar-refractivity contribution in [1.82, 2.24) is 14.0 Å². The molecule has 326 valence electrons. The summed E-state index contributed by atoms with van der Waals surface area (Å²) in [4.78, 5) is 5.17. The van der Waals surface area contributed by atoms with Crippen LogP contribution in [0.4, 0.5) is 11.4 Å². The highest BCUT2D eigenvalue weighted by Gasteiger charge is 2.33. The van der Waals surface area contributed by atoms with Crippen LogP contribution in [0, 0.1) is 5.92 Å². The second kappa shape index (κ2) is 17.2. The Balaban J connectivity index is 1.04. The van der Waals surface area contributed by atoms with Crippen molar-refractivity contribution in [3.05, 3.63) is 246 Å². The van der Waals surface area contributed by atoms with Gasteiger partial charge in [-0.25, -0.2) is 0 Å². The summed E-state index contributed by atoms with van der Waals surface area (Å²) >= 11 is 0. The topological polar surface area (TPSA) is 16.3 Å². The molecule has 12 rings (SSSR count). The molecule has 9 aromatic rings. The molecule has 0 spiro atoms. The van der Waals surface area contributed by atoms with Crippen molar-refractivity contribution >= 4 is 66.6 Å². The molecule has 2 aliphatic carbocycles. The van der Waals surface area contributed by atoms with E-state index in [-0.39, 0.29) is 0 Å². The second-order valence-corrected chi connectivity index (χ2v) is 18.4. The fraction of sp³-hybridized carbons (Fsp3) is 0.143. The first-order valence-electron chi connectivity index (χ1n) is 24.0. The lowest BCUT2D eigenvalue weighted by Gasteiger charge is -2.36. The van der Waals surface area contributed by atoms with Gasteiger partial charge < -0.3 is 18.9 Å². The molecular weight excluding hydrogens is 813 g/mol. The number of fused-ring (bicyclic) bond motifs is 8. The van der Waals surface area contributed by atoms with Crippen LogP contribution < -0.4 is 4.90 Å². The fourth-order valence-corrected chi connectivity index (χ4v) is 11.2. The van der Waals surface area contributed by atoms with Gasteiger partial charge in [0.2, 0.25) is 0 Å². The number of hydrogen-bond donors (Lipinski definition) is 0. The maximum Gasteiger partial charge on any atom is 0.0542 e. The van der Waals surface area contributed by atoms with E-state index in [0.29, 0.717) is 5.92 Å². The van der Waals surface area contributed by atoms with E-state index in [4.69, 9.17) is 0 Å². The zero-order valence-electron chi connectivity index (χ0n) is 38.3. The Kier molecular flexibility index (Phi) is 10.4. The average Bonchev–Trinajstić information content (AvgIpc) is 3.68. The second-order valence-electron chi connectivity index (χ2n) is 18.4. The van der Waals surface area contributed by atoms with E-state index in [1.165, 1.54) is 99.9 Å². The lowest BCUT2D eigenvalue weighted by atomic mass is 9.87. The normalized spacial score (nSPS) is 16.1. The summed E-state index contributed by atoms with van der Waals surface area (Å²) in [5.74, 6) is 0.321. The first-order valence-corrected chi connectivity index (χ1v) is 24.0. The fourth-order valence-electron chi connectivity index (χ4n) is 11.2. The van der Waals surface area contributed by atoms with Crippen molar-refractivity contribution in [1.29, 1.82) is 0 Å². The zero-order valence-corrected chi connectivity index (χ0v) is 38.3. The van der Waals surface area contributed by atoms with Gasteiger partial charge in [0.05, 0.1) is 11.0 Å². The smallest absolute Gasteiger partial charge is 0.0542 e. The highest BCUT2D eigenvalue weighted by Crippen LogP contribution is 2.46. The molecule has 1 unspecified atom stereocenters. The van der Waals surface area contributed by atoms with Crippen LogP contribution in [-0.2, 0) is 13.5 Å². The molecule has 2 bridgehead atoms. The molecule has 1 atom stereocenters. The third-order valence-electron chi connectivity index (χ3n) is 14.3. The van der Waals surface area contributed by atoms with Crippen LogP contribution in [0.15, 0.2) is 229 Å². The molecule has 0 amide bonds. The molecule has 0 fully saturated rings. The van der Waals surface area contributed by atoms with Crippen molar-refractivity contribution in [3.63, 3.8) is 0 Å². The summed E-state index contributed by atoms with van der Waals surface area (Å²) in [6, 6.07) is 62.8. The maximum atomic E-state index is 2.63. The van der Waals surface area contributed by atoms with Gasteiger partial charge >= 0.3 is 0 Å². The summed E-state index contributed by atoms with van der Waals surface area (Å²) < 4.78 is 4.76. The van der Waals surface area contributed by atoms with Gasteiger partial charge in [0.15, 0.2) is 0 Å². The Labute approximate surface area is 393 Å². The van der Waals surface area contributed by atoms with Gasteiger partial charge in [-0.1, -0.05) is 134 Å². The monoisotopic (exact) mass is 866 g/mol. The number of hydrogen-bond acceptors (Lipinski definition) is 2. The average molecular weight is 867 g/mol. The maximum absolute atomic E-state index is 2.63. The quantitative estimate of drug-likeness (QED) is 0.127. The van der Waals surface area contributed by atoms with Gasteiger partial charge in [0, 0.05) is 92.7 Å². The first kappa shape index (κ1) is 40.7. The Hall–Kier alpha value is -7.82. The first-order chi connectivity index (χ1) is 33.1. The summed E-state index contributed by atoms with van der Waals surface area (Å²) in [5, 5.41) is 5.05. The van der Waals surface area contributed by atoms with Crippen molar-refractivity contribution in [2.75, 3.05) is 11.4 Å². The molecule has 1 aliphatic heterocycles. The number of nitrogens with zero attached hydrogens (tertiary/aromatic N) is 4. The van der Waals surface area contributed by atoms with Gasteiger partial charge in [0.1, 0.15) is 0 Å². The summed E-state index contributed by atoms with van der Waals surface area (Å²) in [6.45, 7) is 3.34. The number of benzene rings is 7. The minimum absolute atomic E-state index is 0.321. The zero-order chi connectivity index (χ0) is 44.8. The largest absolute Gasteiger partial charge is 0.348 e. The van der Waals surface area contributed by atoms with E-state index >= 15 is 0 Å². The van der Waals surface area contributed by atoms with Crippen molar-refractivity contribution < 1.29 is 0 Å². The van der Waals surface area contributed by atoms with E-state index in [2.05, 4.69) is 245 Å². The number of para-hydroxylation sites is 3. The number of anilines is 2. The van der Waals surface area contributed by atoms with Crippen LogP contribution >= 0.6 is 0 Å². The Morgan fingerprint density at radius 2 is 1.33 bits per heavy atom. The van der Waals surface area contributed by atoms with E-state index in [9.17, 15) is 0 Å². The number of aryl methyl sites for hydroxylation is 1. The van der Waals surface area contributed by atoms with Gasteiger partial charge in [-0.05, 0) is 138 Å². The van der Waals surface area contributed by atoms with Crippen molar-refractivity contribution in [2.24, 2.45) is 13.0 Å². The predicted octanol–water partition coefficient (Wildman–Crippen LogP) is 16.0. The van der Waals surface area contributed by atoms with Crippen LogP contribution in [0.25, 0.3) is 60.9 Å². The summed E-state index contributed by atoms with van der Waals surface area (Å²) in [5.41, 5.74) is 19.1. The molecule has 3 heterocycles. The van der Waals surface area contributed by atoms with E-state index in [0.717, 1.165) is 44.3 Å². The third-order valence-corrected chi connectivity index (χ3v) is 14.3. The van der Waals surface area contributed by atoms with Crippen LogP contribution in [0.3, 0.4) is 0 Å². The molecule has 3 aliphatic rings. The highest BCUT2D eigenvalue weighted by atomic mass is 15.2. The Morgan fingerprint density at radius 3 is 2.15 bits per heavy atom. The molecule has 2 aromatic heterocycles. The van der Waals surface area contributed by atoms with Crippen LogP contribution in [0.1, 0.15) is 49.3 Å². The number of aromatic nitrogens is 2. The lowest BCUT2D eigenvalue weighted by Crippen LogP contribution is -2.28. The summed E-state index contributed by atoms with van der Waals surface area (Å²) in [7, 11) is 2.17. The third kappa shape index (κ3) is 7.34. The molecule has 0 saturated carbocycles. The van der Waals surface area contributed by atoms with Gasteiger partial charge in [0.25, 0.3) is 0 Å². The van der Waals surface area contributed by atoms with Crippen LogP contribution in [-0.4, -0.2) is 20.6 Å². The predicted molar refractivity (Wildman–Crippen MR) is 284 cm³/mol. The Morgan fingerprint density at radius 1 is 0.627 bits per heavy atom.